The Kier molecular flexibility index (Phi) is 3.62. The zero-order valence-electron chi connectivity index (χ0n) is 10.2. The molecule has 0 aliphatic carbocycles. The summed E-state index contributed by atoms with van der Waals surface area (Å²) in [7, 11) is 0. The third-order valence-electron chi connectivity index (χ3n) is 2.64. The number of carbonyl (C=O) groups excluding carboxylic acids is 1. The third kappa shape index (κ3) is 3.07. The van der Waals surface area contributed by atoms with Crippen LogP contribution < -0.4 is 10.4 Å². The van der Waals surface area contributed by atoms with Crippen LogP contribution in [0.5, 0.6) is 0 Å². The van der Waals surface area contributed by atoms with Crippen molar-refractivity contribution in [1.29, 1.82) is 0 Å². The van der Waals surface area contributed by atoms with Crippen LogP contribution in [-0.2, 0) is 11.2 Å². The fourth-order valence-electron chi connectivity index (χ4n) is 1.54. The van der Waals surface area contributed by atoms with Gasteiger partial charge in [0.15, 0.2) is 5.13 Å². The van der Waals surface area contributed by atoms with Gasteiger partial charge in [-0.05, 0) is 37.1 Å². The van der Waals surface area contributed by atoms with E-state index in [-0.39, 0.29) is 6.42 Å². The number of rotatable bonds is 4. The summed E-state index contributed by atoms with van der Waals surface area (Å²) in [5, 5.41) is 16.0. The van der Waals surface area contributed by atoms with Crippen molar-refractivity contribution in [2.75, 3.05) is 5.32 Å². The van der Waals surface area contributed by atoms with Gasteiger partial charge in [-0.15, -0.1) is 11.3 Å². The Bertz CT molecular complexity index is 578. The number of carboxylic acid groups (broad SMARTS) is 1. The molecule has 5 heteroatoms. The number of aryl methyl sites for hydroxylation is 2. The monoisotopic (exact) mass is 261 g/mol. The van der Waals surface area contributed by atoms with Gasteiger partial charge in [-0.3, -0.25) is 0 Å². The van der Waals surface area contributed by atoms with E-state index in [4.69, 9.17) is 0 Å². The van der Waals surface area contributed by atoms with Gasteiger partial charge in [-0.1, -0.05) is 6.07 Å². The average Bonchev–Trinajstić information content (AvgIpc) is 2.70. The highest BCUT2D eigenvalue weighted by Crippen LogP contribution is 2.22. The minimum Gasteiger partial charge on any atom is -0.550 e. The van der Waals surface area contributed by atoms with Crippen LogP contribution >= 0.6 is 11.3 Å². The minimum atomic E-state index is -1.11. The highest BCUT2D eigenvalue weighted by molar-refractivity contribution is 7.13. The SMILES string of the molecule is Cc1ccc(Nc2nc(CC(=O)[O-])cs2)cc1C. The number of aromatic nitrogens is 1. The topological polar surface area (TPSA) is 65.0 Å². The van der Waals surface area contributed by atoms with E-state index in [2.05, 4.69) is 17.2 Å². The molecule has 0 saturated heterocycles. The lowest BCUT2D eigenvalue weighted by Gasteiger charge is -2.05. The van der Waals surface area contributed by atoms with E-state index in [1.807, 2.05) is 25.1 Å². The molecule has 1 aromatic heterocycles. The summed E-state index contributed by atoms with van der Waals surface area (Å²) >= 11 is 1.38. The lowest BCUT2D eigenvalue weighted by Crippen LogP contribution is -2.24. The van der Waals surface area contributed by atoms with E-state index in [1.165, 1.54) is 22.5 Å². The van der Waals surface area contributed by atoms with Crippen molar-refractivity contribution in [1.82, 2.24) is 4.98 Å². The van der Waals surface area contributed by atoms with Crippen LogP contribution in [-0.4, -0.2) is 11.0 Å². The van der Waals surface area contributed by atoms with Crippen molar-refractivity contribution < 1.29 is 9.90 Å². The summed E-state index contributed by atoms with van der Waals surface area (Å²) in [6, 6.07) is 6.05. The zero-order chi connectivity index (χ0) is 13.1. The van der Waals surface area contributed by atoms with Crippen LogP contribution in [0.15, 0.2) is 23.6 Å². The van der Waals surface area contributed by atoms with Crippen molar-refractivity contribution in [2.45, 2.75) is 20.3 Å². The standard InChI is InChI=1S/C13H14N2O2S/c1-8-3-4-10(5-9(8)2)14-13-15-11(7-18-13)6-12(16)17/h3-5,7H,6H2,1-2H3,(H,14,15)(H,16,17)/p-1. The quantitative estimate of drug-likeness (QED) is 0.911. The van der Waals surface area contributed by atoms with Gasteiger partial charge in [-0.25, -0.2) is 4.98 Å². The van der Waals surface area contributed by atoms with E-state index in [0.29, 0.717) is 10.8 Å². The van der Waals surface area contributed by atoms with Crippen LogP contribution in [0.3, 0.4) is 0 Å². The van der Waals surface area contributed by atoms with Crippen LogP contribution in [0.2, 0.25) is 0 Å². The number of hydrogen-bond donors (Lipinski definition) is 1. The zero-order valence-corrected chi connectivity index (χ0v) is 11.0. The number of carboxylic acids is 1. The second-order valence-electron chi connectivity index (χ2n) is 4.12. The minimum absolute atomic E-state index is 0.148. The number of thiazole rings is 1. The maximum Gasteiger partial charge on any atom is 0.187 e. The Morgan fingerprint density at radius 1 is 1.39 bits per heavy atom. The molecule has 0 aliphatic rings. The molecule has 1 heterocycles. The number of nitrogens with zero attached hydrogens (tertiary/aromatic N) is 1. The highest BCUT2D eigenvalue weighted by Gasteiger charge is 2.03. The molecular formula is C13H13N2O2S-. The maximum absolute atomic E-state index is 10.5. The lowest BCUT2D eigenvalue weighted by molar-refractivity contribution is -0.304. The molecule has 0 atom stereocenters. The van der Waals surface area contributed by atoms with Crippen molar-refractivity contribution in [3.8, 4) is 0 Å². The smallest absolute Gasteiger partial charge is 0.187 e. The summed E-state index contributed by atoms with van der Waals surface area (Å²) < 4.78 is 0. The van der Waals surface area contributed by atoms with Gasteiger partial charge in [0.05, 0.1) is 5.69 Å². The summed E-state index contributed by atoms with van der Waals surface area (Å²) in [5.74, 6) is -1.11. The summed E-state index contributed by atoms with van der Waals surface area (Å²) in [4.78, 5) is 14.6. The molecule has 0 radical (unpaired) electrons. The fraction of sp³-hybridized carbons (Fsp3) is 0.231. The van der Waals surface area contributed by atoms with Crippen molar-refractivity contribution in [2.24, 2.45) is 0 Å². The molecule has 2 rings (SSSR count). The molecule has 1 N–H and O–H groups in total. The van der Waals surface area contributed by atoms with Crippen LogP contribution in [0.25, 0.3) is 0 Å². The molecule has 0 fully saturated rings. The third-order valence-corrected chi connectivity index (χ3v) is 3.44. The van der Waals surface area contributed by atoms with Crippen molar-refractivity contribution in [3.63, 3.8) is 0 Å². The number of anilines is 2. The van der Waals surface area contributed by atoms with Gasteiger partial charge in [0.1, 0.15) is 0 Å². The van der Waals surface area contributed by atoms with Gasteiger partial charge >= 0.3 is 0 Å². The molecule has 18 heavy (non-hydrogen) atoms. The van der Waals surface area contributed by atoms with E-state index in [1.54, 1.807) is 5.38 Å². The van der Waals surface area contributed by atoms with Crippen molar-refractivity contribution >= 4 is 28.1 Å². The van der Waals surface area contributed by atoms with E-state index < -0.39 is 5.97 Å². The Balaban J connectivity index is 2.11. The Morgan fingerprint density at radius 3 is 2.83 bits per heavy atom. The number of carbonyl (C=O) groups is 1. The molecule has 0 aliphatic heterocycles. The Morgan fingerprint density at radius 2 is 2.17 bits per heavy atom. The summed E-state index contributed by atoms with van der Waals surface area (Å²) in [6.07, 6.45) is -0.148. The molecular weight excluding hydrogens is 248 g/mol. The first-order chi connectivity index (χ1) is 8.54. The Hall–Kier alpha value is -1.88. The van der Waals surface area contributed by atoms with Crippen molar-refractivity contribution in [3.05, 3.63) is 40.4 Å². The van der Waals surface area contributed by atoms with E-state index >= 15 is 0 Å². The van der Waals surface area contributed by atoms with Crippen LogP contribution in [0.1, 0.15) is 16.8 Å². The fourth-order valence-corrected chi connectivity index (χ4v) is 2.27. The van der Waals surface area contributed by atoms with Gasteiger partial charge < -0.3 is 15.2 Å². The summed E-state index contributed by atoms with van der Waals surface area (Å²) in [6.45, 7) is 4.10. The molecule has 1 aromatic carbocycles. The number of hydrogen-bond acceptors (Lipinski definition) is 5. The number of benzene rings is 1. The number of nitrogens with one attached hydrogen (secondary N) is 1. The Labute approximate surface area is 109 Å². The maximum atomic E-state index is 10.5. The highest BCUT2D eigenvalue weighted by atomic mass is 32.1. The molecule has 4 nitrogen and oxygen atoms in total. The predicted octanol–water partition coefficient (Wildman–Crippen LogP) is 1.80. The first-order valence-corrected chi connectivity index (χ1v) is 6.41. The molecule has 0 unspecified atom stereocenters. The first-order valence-electron chi connectivity index (χ1n) is 5.53. The van der Waals surface area contributed by atoms with Crippen LogP contribution in [0, 0.1) is 13.8 Å². The molecule has 0 amide bonds. The lowest BCUT2D eigenvalue weighted by atomic mass is 10.1. The predicted molar refractivity (Wildman–Crippen MR) is 70.0 cm³/mol. The molecule has 94 valence electrons. The van der Waals surface area contributed by atoms with Gasteiger partial charge in [0.25, 0.3) is 0 Å². The molecule has 0 spiro atoms. The average molecular weight is 261 g/mol. The molecule has 2 aromatic rings. The molecule has 0 bridgehead atoms. The second-order valence-corrected chi connectivity index (χ2v) is 4.97. The van der Waals surface area contributed by atoms with E-state index in [9.17, 15) is 9.90 Å². The normalized spacial score (nSPS) is 10.3. The second kappa shape index (κ2) is 5.18. The van der Waals surface area contributed by atoms with Gasteiger partial charge in [-0.2, -0.15) is 0 Å². The van der Waals surface area contributed by atoms with Crippen LogP contribution in [0.4, 0.5) is 10.8 Å². The summed E-state index contributed by atoms with van der Waals surface area (Å²) in [5.41, 5.74) is 3.91. The largest absolute Gasteiger partial charge is 0.550 e. The first kappa shape index (κ1) is 12.6. The number of aliphatic carboxylic acids is 1. The van der Waals surface area contributed by atoms with E-state index in [0.717, 1.165) is 5.69 Å². The molecule has 0 saturated carbocycles. The van der Waals surface area contributed by atoms with Gasteiger partial charge in [0.2, 0.25) is 0 Å². The van der Waals surface area contributed by atoms with Gasteiger partial charge in [0, 0.05) is 23.5 Å².